The van der Waals surface area contributed by atoms with E-state index in [9.17, 15) is 14.9 Å². The summed E-state index contributed by atoms with van der Waals surface area (Å²) in [7, 11) is 0. The van der Waals surface area contributed by atoms with Crippen LogP contribution >= 0.6 is 11.6 Å². The Labute approximate surface area is 85.4 Å². The van der Waals surface area contributed by atoms with E-state index in [0.29, 0.717) is 6.54 Å². The zero-order valence-electron chi connectivity index (χ0n) is 7.57. The maximum Gasteiger partial charge on any atom is 0.287 e. The standard InChI is InChI=1S/C8H9ClN2O3/c1-2-10-5-6(11(13)14)3-7(10)8(12)4-9/h3,5H,2,4H2,1H3. The van der Waals surface area contributed by atoms with Gasteiger partial charge < -0.3 is 4.57 Å². The van der Waals surface area contributed by atoms with Gasteiger partial charge in [-0.3, -0.25) is 14.9 Å². The van der Waals surface area contributed by atoms with Gasteiger partial charge in [0.1, 0.15) is 0 Å². The summed E-state index contributed by atoms with van der Waals surface area (Å²) in [6.07, 6.45) is 1.33. The van der Waals surface area contributed by atoms with E-state index < -0.39 is 4.92 Å². The van der Waals surface area contributed by atoms with Crippen molar-refractivity contribution in [2.75, 3.05) is 5.88 Å². The summed E-state index contributed by atoms with van der Waals surface area (Å²) in [4.78, 5) is 21.2. The van der Waals surface area contributed by atoms with Crippen molar-refractivity contribution < 1.29 is 9.72 Å². The summed E-state index contributed by atoms with van der Waals surface area (Å²) in [5, 5.41) is 10.4. The van der Waals surface area contributed by atoms with Gasteiger partial charge in [0.15, 0.2) is 5.78 Å². The van der Waals surface area contributed by atoms with Crippen molar-refractivity contribution in [2.24, 2.45) is 0 Å². The number of halogens is 1. The lowest BCUT2D eigenvalue weighted by atomic mass is 10.3. The Hall–Kier alpha value is -1.36. The number of nitro groups is 1. The molecule has 0 unspecified atom stereocenters. The van der Waals surface area contributed by atoms with Crippen molar-refractivity contribution in [1.29, 1.82) is 0 Å². The minimum Gasteiger partial charge on any atom is -0.339 e. The third kappa shape index (κ3) is 1.93. The lowest BCUT2D eigenvalue weighted by molar-refractivity contribution is -0.384. The average molecular weight is 217 g/mol. The number of alkyl halides is 1. The summed E-state index contributed by atoms with van der Waals surface area (Å²) in [6, 6.07) is 1.24. The SMILES string of the molecule is CCn1cc([N+](=O)[O-])cc1C(=O)CCl. The van der Waals surface area contributed by atoms with Crippen LogP contribution in [0.2, 0.25) is 0 Å². The first-order valence-corrected chi connectivity index (χ1v) is 4.57. The molecular weight excluding hydrogens is 208 g/mol. The fourth-order valence-corrected chi connectivity index (χ4v) is 1.30. The van der Waals surface area contributed by atoms with Gasteiger partial charge in [-0.15, -0.1) is 11.6 Å². The van der Waals surface area contributed by atoms with Gasteiger partial charge in [0, 0.05) is 12.6 Å². The van der Waals surface area contributed by atoms with Crippen LogP contribution in [0.15, 0.2) is 12.3 Å². The molecule has 0 saturated heterocycles. The van der Waals surface area contributed by atoms with Crippen molar-refractivity contribution in [1.82, 2.24) is 4.57 Å². The molecule has 0 aliphatic heterocycles. The topological polar surface area (TPSA) is 65.1 Å². The lowest BCUT2D eigenvalue weighted by Gasteiger charge is -2.00. The van der Waals surface area contributed by atoms with Crippen LogP contribution in [-0.2, 0) is 6.54 Å². The quantitative estimate of drug-likeness (QED) is 0.334. The Balaban J connectivity index is 3.15. The minimum atomic E-state index is -0.531. The molecule has 1 heterocycles. The normalized spacial score (nSPS) is 10.1. The molecule has 1 rings (SSSR count). The van der Waals surface area contributed by atoms with Gasteiger partial charge >= 0.3 is 0 Å². The monoisotopic (exact) mass is 216 g/mol. The van der Waals surface area contributed by atoms with Crippen molar-refractivity contribution in [3.63, 3.8) is 0 Å². The fraction of sp³-hybridized carbons (Fsp3) is 0.375. The first kappa shape index (κ1) is 10.7. The number of hydrogen-bond donors (Lipinski definition) is 0. The molecule has 5 nitrogen and oxygen atoms in total. The Bertz CT molecular complexity index is 373. The Kier molecular flexibility index (Phi) is 3.24. The number of ketones is 1. The second-order valence-corrected chi connectivity index (χ2v) is 2.95. The van der Waals surface area contributed by atoms with E-state index in [-0.39, 0.29) is 23.0 Å². The molecule has 0 N–H and O–H groups in total. The predicted octanol–water partition coefficient (Wildman–Crippen LogP) is 1.84. The van der Waals surface area contributed by atoms with Gasteiger partial charge in [-0.25, -0.2) is 0 Å². The first-order chi connectivity index (χ1) is 6.60. The van der Waals surface area contributed by atoms with Crippen LogP contribution in [-0.4, -0.2) is 21.2 Å². The molecule has 0 aliphatic rings. The lowest BCUT2D eigenvalue weighted by Crippen LogP contribution is -2.08. The Morgan fingerprint density at radius 3 is 2.79 bits per heavy atom. The molecule has 0 bridgehead atoms. The number of aromatic nitrogens is 1. The molecule has 0 aliphatic carbocycles. The highest BCUT2D eigenvalue weighted by molar-refractivity contribution is 6.30. The third-order valence-corrected chi connectivity index (χ3v) is 2.08. The third-order valence-electron chi connectivity index (χ3n) is 1.84. The molecule has 0 amide bonds. The van der Waals surface area contributed by atoms with E-state index in [1.807, 2.05) is 0 Å². The smallest absolute Gasteiger partial charge is 0.287 e. The van der Waals surface area contributed by atoms with Crippen molar-refractivity contribution in [3.05, 3.63) is 28.1 Å². The fourth-order valence-electron chi connectivity index (χ4n) is 1.16. The molecule has 0 atom stereocenters. The summed E-state index contributed by atoms with van der Waals surface area (Å²) in [5.74, 6) is -0.470. The molecule has 6 heteroatoms. The summed E-state index contributed by atoms with van der Waals surface area (Å²) in [6.45, 7) is 2.31. The molecule has 0 fully saturated rings. The number of aryl methyl sites for hydroxylation is 1. The van der Waals surface area contributed by atoms with Gasteiger partial charge in [-0.1, -0.05) is 0 Å². The van der Waals surface area contributed by atoms with Crippen LogP contribution in [0.4, 0.5) is 5.69 Å². The molecule has 0 aromatic carbocycles. The van der Waals surface area contributed by atoms with Gasteiger partial charge in [-0.05, 0) is 6.92 Å². The molecule has 14 heavy (non-hydrogen) atoms. The summed E-state index contributed by atoms with van der Waals surface area (Å²) < 4.78 is 1.52. The Morgan fingerprint density at radius 2 is 2.36 bits per heavy atom. The molecule has 1 aromatic rings. The van der Waals surface area contributed by atoms with Gasteiger partial charge in [-0.2, -0.15) is 0 Å². The highest BCUT2D eigenvalue weighted by Gasteiger charge is 2.17. The highest BCUT2D eigenvalue weighted by atomic mass is 35.5. The van der Waals surface area contributed by atoms with Crippen LogP contribution in [0.25, 0.3) is 0 Å². The molecule has 0 spiro atoms. The van der Waals surface area contributed by atoms with Gasteiger partial charge in [0.05, 0.1) is 22.7 Å². The second-order valence-electron chi connectivity index (χ2n) is 2.68. The zero-order valence-corrected chi connectivity index (χ0v) is 8.32. The largest absolute Gasteiger partial charge is 0.339 e. The molecule has 76 valence electrons. The number of rotatable bonds is 4. The van der Waals surface area contributed by atoms with E-state index in [1.165, 1.54) is 16.8 Å². The number of Topliss-reactive ketones (excluding diaryl/α,β-unsaturated/α-hetero) is 1. The van der Waals surface area contributed by atoms with Gasteiger partial charge in [0.25, 0.3) is 5.69 Å². The zero-order chi connectivity index (χ0) is 10.7. The molecule has 0 radical (unpaired) electrons. The van der Waals surface area contributed by atoms with Crippen molar-refractivity contribution in [3.8, 4) is 0 Å². The number of carbonyl (C=O) groups excluding carboxylic acids is 1. The van der Waals surface area contributed by atoms with Crippen molar-refractivity contribution in [2.45, 2.75) is 13.5 Å². The minimum absolute atomic E-state index is 0.0830. The molecular formula is C8H9ClN2O3. The predicted molar refractivity (Wildman–Crippen MR) is 51.8 cm³/mol. The van der Waals surface area contributed by atoms with Crippen LogP contribution in [0, 0.1) is 10.1 Å². The first-order valence-electron chi connectivity index (χ1n) is 4.03. The Morgan fingerprint density at radius 1 is 1.71 bits per heavy atom. The van der Waals surface area contributed by atoms with E-state index in [4.69, 9.17) is 11.6 Å². The maximum atomic E-state index is 11.3. The molecule has 1 aromatic heterocycles. The van der Waals surface area contributed by atoms with E-state index in [2.05, 4.69) is 0 Å². The van der Waals surface area contributed by atoms with Crippen LogP contribution < -0.4 is 0 Å². The van der Waals surface area contributed by atoms with Crippen LogP contribution in [0.1, 0.15) is 17.4 Å². The molecule has 0 saturated carbocycles. The van der Waals surface area contributed by atoms with Gasteiger partial charge in [0.2, 0.25) is 0 Å². The highest BCUT2D eigenvalue weighted by Crippen LogP contribution is 2.17. The summed E-state index contributed by atoms with van der Waals surface area (Å²) >= 11 is 5.37. The van der Waals surface area contributed by atoms with E-state index in [1.54, 1.807) is 6.92 Å². The maximum absolute atomic E-state index is 11.3. The summed E-state index contributed by atoms with van der Waals surface area (Å²) in [5.41, 5.74) is 0.203. The number of hydrogen-bond acceptors (Lipinski definition) is 3. The van der Waals surface area contributed by atoms with E-state index in [0.717, 1.165) is 0 Å². The average Bonchev–Trinajstić information content (AvgIpc) is 2.60. The number of nitrogens with zero attached hydrogens (tertiary/aromatic N) is 2. The number of carbonyl (C=O) groups is 1. The van der Waals surface area contributed by atoms with Crippen LogP contribution in [0.5, 0.6) is 0 Å². The second kappa shape index (κ2) is 4.23. The van der Waals surface area contributed by atoms with Crippen LogP contribution in [0.3, 0.4) is 0 Å². The van der Waals surface area contributed by atoms with E-state index >= 15 is 0 Å². The van der Waals surface area contributed by atoms with Crippen molar-refractivity contribution >= 4 is 23.1 Å².